The van der Waals surface area contributed by atoms with Gasteiger partial charge < -0.3 is 26.6 Å². The van der Waals surface area contributed by atoms with Crippen LogP contribution in [0.25, 0.3) is 11.3 Å². The molecule has 1 amide bonds. The molecule has 6 N–H and O–H groups in total. The fourth-order valence-electron chi connectivity index (χ4n) is 4.45. The number of ether oxygens (including phenoxy) is 1. The minimum absolute atomic E-state index is 0.0222. The van der Waals surface area contributed by atoms with E-state index in [2.05, 4.69) is 20.3 Å². The van der Waals surface area contributed by atoms with Crippen LogP contribution in [0.2, 0.25) is 0 Å². The molecule has 3 aromatic rings. The normalized spacial score (nSPS) is 25.5. The molecule has 0 unspecified atom stereocenters. The Kier molecular flexibility index (Phi) is 5.12. The van der Waals surface area contributed by atoms with Crippen molar-refractivity contribution in [3.8, 4) is 11.3 Å². The molecule has 5 rings (SSSR count). The number of amides is 1. The Bertz CT molecular complexity index is 1200. The van der Waals surface area contributed by atoms with Crippen LogP contribution in [0, 0.1) is 0 Å². The first-order chi connectivity index (χ1) is 15.8. The maximum Gasteiger partial charge on any atom is 0.278 e. The number of aliphatic hydroxyl groups is 1. The molecule has 3 atom stereocenters. The molecule has 2 aromatic heterocycles. The Morgan fingerprint density at radius 3 is 2.70 bits per heavy atom. The maximum atomic E-state index is 13.1. The highest BCUT2D eigenvalue weighted by molar-refractivity contribution is 6.06. The first-order valence-corrected chi connectivity index (χ1v) is 10.9. The molecule has 0 bridgehead atoms. The molecule has 1 spiro atoms. The van der Waals surface area contributed by atoms with Crippen LogP contribution in [-0.2, 0) is 4.74 Å². The molecule has 1 aliphatic heterocycles. The third-order valence-corrected chi connectivity index (χ3v) is 6.72. The molecule has 0 radical (unpaired) electrons. The number of carbonyl (C=O) groups is 1. The quantitative estimate of drug-likeness (QED) is 0.477. The van der Waals surface area contributed by atoms with E-state index in [0.717, 1.165) is 24.0 Å². The van der Waals surface area contributed by atoms with E-state index in [1.807, 2.05) is 30.3 Å². The topological polar surface area (TPSA) is 149 Å². The standard InChI is InChI=1S/C24H26N6O3/c1-23(32)19(25)11-18(33-24(23)8-9-24)15-7-10-27-12-17(15)30-22(31)20-21(26)28-13-16(29-20)14-5-3-2-4-6-14/h2-7,10,12-13,18-19,32H,8-9,11,25H2,1H3,(H2,26,28)(H,30,31)/t18-,19-,23+/m0/s1. The van der Waals surface area contributed by atoms with Gasteiger partial charge in [0.25, 0.3) is 5.91 Å². The van der Waals surface area contributed by atoms with Crippen LogP contribution < -0.4 is 16.8 Å². The Hall–Kier alpha value is -3.40. The smallest absolute Gasteiger partial charge is 0.278 e. The molecule has 1 aromatic carbocycles. The van der Waals surface area contributed by atoms with Gasteiger partial charge in [0.05, 0.1) is 35.5 Å². The molecule has 2 fully saturated rings. The molecule has 9 heteroatoms. The maximum absolute atomic E-state index is 13.1. The van der Waals surface area contributed by atoms with E-state index in [0.29, 0.717) is 17.8 Å². The lowest BCUT2D eigenvalue weighted by Gasteiger charge is -2.46. The van der Waals surface area contributed by atoms with Crippen LogP contribution in [0.3, 0.4) is 0 Å². The second-order valence-corrected chi connectivity index (χ2v) is 8.86. The summed E-state index contributed by atoms with van der Waals surface area (Å²) >= 11 is 0. The predicted octanol–water partition coefficient (Wildman–Crippen LogP) is 2.45. The molecular formula is C24H26N6O3. The Morgan fingerprint density at radius 2 is 1.97 bits per heavy atom. The number of aromatic nitrogens is 3. The lowest BCUT2D eigenvalue weighted by atomic mass is 9.80. The molecule has 1 saturated heterocycles. The summed E-state index contributed by atoms with van der Waals surface area (Å²) in [4.78, 5) is 25.9. The number of nitrogens with two attached hydrogens (primary N) is 2. The van der Waals surface area contributed by atoms with Gasteiger partial charge in [-0.25, -0.2) is 9.97 Å². The molecule has 33 heavy (non-hydrogen) atoms. The lowest BCUT2D eigenvalue weighted by molar-refractivity contribution is -0.195. The van der Waals surface area contributed by atoms with Crippen LogP contribution in [0.15, 0.2) is 55.0 Å². The SMILES string of the molecule is C[C@@]1(O)[C@@H](N)C[C@@H](c2ccncc2NC(=O)c2nc(-c3ccccc3)cnc2N)OC12CC2. The highest BCUT2D eigenvalue weighted by atomic mass is 16.5. The second-order valence-electron chi connectivity index (χ2n) is 8.86. The van der Waals surface area contributed by atoms with E-state index in [1.165, 1.54) is 6.20 Å². The van der Waals surface area contributed by atoms with E-state index >= 15 is 0 Å². The summed E-state index contributed by atoms with van der Waals surface area (Å²) in [7, 11) is 0. The number of anilines is 2. The van der Waals surface area contributed by atoms with Gasteiger partial charge in [0, 0.05) is 23.4 Å². The third-order valence-electron chi connectivity index (χ3n) is 6.72. The average Bonchev–Trinajstić information content (AvgIpc) is 3.60. The van der Waals surface area contributed by atoms with Gasteiger partial charge in [-0.3, -0.25) is 9.78 Å². The molecule has 9 nitrogen and oxygen atoms in total. The highest BCUT2D eigenvalue weighted by Crippen LogP contribution is 2.56. The molecule has 2 aliphatic rings. The van der Waals surface area contributed by atoms with Gasteiger partial charge in [-0.15, -0.1) is 0 Å². The fourth-order valence-corrected chi connectivity index (χ4v) is 4.45. The van der Waals surface area contributed by atoms with E-state index < -0.39 is 23.2 Å². The van der Waals surface area contributed by atoms with Crippen molar-refractivity contribution in [1.29, 1.82) is 0 Å². The molecular weight excluding hydrogens is 420 g/mol. The van der Waals surface area contributed by atoms with Crippen LogP contribution in [0.1, 0.15) is 48.3 Å². The highest BCUT2D eigenvalue weighted by Gasteiger charge is 2.64. The zero-order chi connectivity index (χ0) is 23.2. The number of hydrogen-bond donors (Lipinski definition) is 4. The summed E-state index contributed by atoms with van der Waals surface area (Å²) in [6, 6.07) is 10.8. The van der Waals surface area contributed by atoms with Crippen LogP contribution in [-0.4, -0.2) is 43.2 Å². The van der Waals surface area contributed by atoms with Crippen molar-refractivity contribution < 1.29 is 14.6 Å². The summed E-state index contributed by atoms with van der Waals surface area (Å²) in [6.45, 7) is 1.73. The van der Waals surface area contributed by atoms with Gasteiger partial charge in [0.15, 0.2) is 11.5 Å². The number of carbonyl (C=O) groups excluding carboxylic acids is 1. The number of hydrogen-bond acceptors (Lipinski definition) is 8. The van der Waals surface area contributed by atoms with Crippen LogP contribution in [0.4, 0.5) is 11.5 Å². The number of nitrogen functional groups attached to an aromatic ring is 1. The minimum Gasteiger partial charge on any atom is -0.386 e. The summed E-state index contributed by atoms with van der Waals surface area (Å²) < 4.78 is 6.32. The van der Waals surface area contributed by atoms with E-state index in [4.69, 9.17) is 16.2 Å². The summed E-state index contributed by atoms with van der Waals surface area (Å²) in [6.07, 6.45) is 6.24. The molecule has 1 saturated carbocycles. The zero-order valence-corrected chi connectivity index (χ0v) is 18.2. The van der Waals surface area contributed by atoms with Crippen LogP contribution in [0.5, 0.6) is 0 Å². The second kappa shape index (κ2) is 7.87. The van der Waals surface area contributed by atoms with Gasteiger partial charge >= 0.3 is 0 Å². The van der Waals surface area contributed by atoms with Gasteiger partial charge in [0.2, 0.25) is 0 Å². The first kappa shape index (κ1) is 21.4. The van der Waals surface area contributed by atoms with Gasteiger partial charge in [-0.2, -0.15) is 0 Å². The molecule has 3 heterocycles. The Labute approximate surface area is 191 Å². The average molecular weight is 447 g/mol. The number of pyridine rings is 1. The van der Waals surface area contributed by atoms with Crippen molar-refractivity contribution in [3.05, 3.63) is 66.2 Å². The summed E-state index contributed by atoms with van der Waals surface area (Å²) in [5.74, 6) is -0.471. The Balaban J connectivity index is 1.42. The van der Waals surface area contributed by atoms with E-state index in [9.17, 15) is 9.90 Å². The monoisotopic (exact) mass is 446 g/mol. The van der Waals surface area contributed by atoms with Crippen molar-refractivity contribution in [3.63, 3.8) is 0 Å². The third kappa shape index (κ3) is 3.74. The van der Waals surface area contributed by atoms with Crippen LogP contribution >= 0.6 is 0 Å². The van der Waals surface area contributed by atoms with E-state index in [-0.39, 0.29) is 17.6 Å². The predicted molar refractivity (Wildman–Crippen MR) is 123 cm³/mol. The number of nitrogens with one attached hydrogen (secondary N) is 1. The lowest BCUT2D eigenvalue weighted by Crippen LogP contribution is -2.60. The summed E-state index contributed by atoms with van der Waals surface area (Å²) in [5.41, 5.74) is 13.2. The zero-order valence-electron chi connectivity index (χ0n) is 18.2. The summed E-state index contributed by atoms with van der Waals surface area (Å²) in [5, 5.41) is 13.7. The largest absolute Gasteiger partial charge is 0.386 e. The van der Waals surface area contributed by atoms with Gasteiger partial charge in [-0.1, -0.05) is 30.3 Å². The van der Waals surface area contributed by atoms with Crippen molar-refractivity contribution >= 4 is 17.4 Å². The van der Waals surface area contributed by atoms with Crippen molar-refractivity contribution in [2.24, 2.45) is 5.73 Å². The number of nitrogens with zero attached hydrogens (tertiary/aromatic N) is 3. The van der Waals surface area contributed by atoms with Gasteiger partial charge in [0.1, 0.15) is 5.60 Å². The first-order valence-electron chi connectivity index (χ1n) is 10.9. The minimum atomic E-state index is -1.10. The fraction of sp³-hybridized carbons (Fsp3) is 0.333. The van der Waals surface area contributed by atoms with Crippen molar-refractivity contribution in [2.75, 3.05) is 11.1 Å². The molecule has 1 aliphatic carbocycles. The Morgan fingerprint density at radius 1 is 1.21 bits per heavy atom. The van der Waals surface area contributed by atoms with Crippen molar-refractivity contribution in [1.82, 2.24) is 15.0 Å². The number of rotatable bonds is 4. The van der Waals surface area contributed by atoms with Crippen molar-refractivity contribution in [2.45, 2.75) is 49.5 Å². The molecule has 170 valence electrons. The number of benzene rings is 1. The van der Waals surface area contributed by atoms with Gasteiger partial charge in [-0.05, 0) is 32.3 Å². The van der Waals surface area contributed by atoms with E-state index in [1.54, 1.807) is 25.4 Å².